The predicted molar refractivity (Wildman–Crippen MR) is 79.9 cm³/mol. The van der Waals surface area contributed by atoms with Crippen LogP contribution in [0.4, 0.5) is 4.39 Å². The minimum atomic E-state index is -0.875. The summed E-state index contributed by atoms with van der Waals surface area (Å²) in [5, 5.41) is 9.50. The summed E-state index contributed by atoms with van der Waals surface area (Å²) in [6.45, 7) is 3.01. The van der Waals surface area contributed by atoms with Gasteiger partial charge < -0.3 is 9.67 Å². The van der Waals surface area contributed by atoms with Gasteiger partial charge in [0.25, 0.3) is 0 Å². The van der Waals surface area contributed by atoms with E-state index in [9.17, 15) is 9.18 Å². The maximum absolute atomic E-state index is 13.3. The van der Waals surface area contributed by atoms with Crippen molar-refractivity contribution in [2.75, 3.05) is 5.75 Å². The molecule has 0 aliphatic heterocycles. The maximum atomic E-state index is 13.3. The lowest BCUT2D eigenvalue weighted by Crippen LogP contribution is -2.11. The number of fused-ring (bicyclic) bond motifs is 1. The van der Waals surface area contributed by atoms with Gasteiger partial charge in [-0.3, -0.25) is 4.79 Å². The van der Waals surface area contributed by atoms with E-state index < -0.39 is 5.97 Å². The van der Waals surface area contributed by atoms with Crippen molar-refractivity contribution in [3.05, 3.63) is 24.0 Å². The standard InChI is InChI=1S/C15H17FN2O2S/c1-9(10-2-3-10)7-18-13-5-4-11(16)6-12(13)17-15(18)21-8-14(19)20/h4-6,9-10H,2-3,7-8H2,1H3,(H,19,20). The first-order valence-corrected chi connectivity index (χ1v) is 8.03. The Kier molecular flexibility index (Phi) is 3.89. The summed E-state index contributed by atoms with van der Waals surface area (Å²) in [6.07, 6.45) is 2.53. The third kappa shape index (κ3) is 3.20. The first-order valence-electron chi connectivity index (χ1n) is 7.05. The number of imidazole rings is 1. The molecule has 1 aliphatic rings. The van der Waals surface area contributed by atoms with Crippen molar-refractivity contribution in [1.29, 1.82) is 0 Å². The second-order valence-corrected chi connectivity index (χ2v) is 6.58. The van der Waals surface area contributed by atoms with Crippen LogP contribution in [0.25, 0.3) is 11.0 Å². The Hall–Kier alpha value is -1.56. The molecule has 1 aliphatic carbocycles. The molecule has 3 rings (SSSR count). The molecule has 21 heavy (non-hydrogen) atoms. The number of benzene rings is 1. The molecule has 6 heteroatoms. The van der Waals surface area contributed by atoms with Crippen molar-refractivity contribution in [2.45, 2.75) is 31.5 Å². The van der Waals surface area contributed by atoms with Crippen molar-refractivity contribution >= 4 is 28.8 Å². The van der Waals surface area contributed by atoms with Crippen molar-refractivity contribution in [3.63, 3.8) is 0 Å². The van der Waals surface area contributed by atoms with Crippen molar-refractivity contribution in [2.24, 2.45) is 11.8 Å². The van der Waals surface area contributed by atoms with Gasteiger partial charge in [0.15, 0.2) is 5.16 Å². The van der Waals surface area contributed by atoms with Gasteiger partial charge >= 0.3 is 5.97 Å². The smallest absolute Gasteiger partial charge is 0.313 e. The lowest BCUT2D eigenvalue weighted by molar-refractivity contribution is -0.133. The van der Waals surface area contributed by atoms with Crippen molar-refractivity contribution in [3.8, 4) is 0 Å². The highest BCUT2D eigenvalue weighted by molar-refractivity contribution is 7.99. The van der Waals surface area contributed by atoms with E-state index in [0.717, 1.165) is 18.0 Å². The highest BCUT2D eigenvalue weighted by Crippen LogP contribution is 2.38. The number of hydrogen-bond acceptors (Lipinski definition) is 3. The number of rotatable bonds is 6. The third-order valence-corrected chi connectivity index (χ3v) is 4.86. The Balaban J connectivity index is 1.95. The molecule has 1 saturated carbocycles. The van der Waals surface area contributed by atoms with E-state index in [2.05, 4.69) is 11.9 Å². The summed E-state index contributed by atoms with van der Waals surface area (Å²) in [4.78, 5) is 15.2. The van der Waals surface area contributed by atoms with Crippen LogP contribution in [-0.2, 0) is 11.3 Å². The molecule has 0 bridgehead atoms. The Morgan fingerprint density at radius 3 is 3.00 bits per heavy atom. The summed E-state index contributed by atoms with van der Waals surface area (Å²) >= 11 is 1.19. The summed E-state index contributed by atoms with van der Waals surface area (Å²) in [7, 11) is 0. The SMILES string of the molecule is CC(Cn1c(SCC(=O)O)nc2cc(F)ccc21)C1CC1. The average molecular weight is 308 g/mol. The van der Waals surface area contributed by atoms with Gasteiger partial charge in [0.05, 0.1) is 16.8 Å². The van der Waals surface area contributed by atoms with E-state index in [-0.39, 0.29) is 11.6 Å². The Labute approximate surface area is 126 Å². The highest BCUT2D eigenvalue weighted by atomic mass is 32.2. The van der Waals surface area contributed by atoms with Gasteiger partial charge in [0.1, 0.15) is 5.82 Å². The first kappa shape index (κ1) is 14.4. The number of thioether (sulfide) groups is 1. The average Bonchev–Trinajstić information content (AvgIpc) is 3.21. The zero-order valence-electron chi connectivity index (χ0n) is 11.8. The summed E-state index contributed by atoms with van der Waals surface area (Å²) < 4.78 is 15.4. The largest absolute Gasteiger partial charge is 0.481 e. The van der Waals surface area contributed by atoms with Crippen LogP contribution in [0.15, 0.2) is 23.4 Å². The molecule has 1 heterocycles. The quantitative estimate of drug-likeness (QED) is 0.831. The van der Waals surface area contributed by atoms with Crippen molar-refractivity contribution < 1.29 is 14.3 Å². The number of carbonyl (C=O) groups is 1. The van der Waals surface area contributed by atoms with Crippen LogP contribution < -0.4 is 0 Å². The van der Waals surface area contributed by atoms with E-state index in [1.54, 1.807) is 6.07 Å². The number of nitrogens with zero attached hydrogens (tertiary/aromatic N) is 2. The Bertz CT molecular complexity index is 682. The fourth-order valence-electron chi connectivity index (χ4n) is 2.60. The fraction of sp³-hybridized carbons (Fsp3) is 0.467. The fourth-order valence-corrected chi connectivity index (χ4v) is 3.34. The molecule has 1 aromatic heterocycles. The molecule has 0 saturated heterocycles. The van der Waals surface area contributed by atoms with Crippen LogP contribution in [-0.4, -0.2) is 26.4 Å². The molecule has 112 valence electrons. The molecule has 0 radical (unpaired) electrons. The molecular formula is C15H17FN2O2S. The summed E-state index contributed by atoms with van der Waals surface area (Å²) in [5.74, 6) is 0.0397. The lowest BCUT2D eigenvalue weighted by atomic mass is 10.1. The molecule has 4 nitrogen and oxygen atoms in total. The maximum Gasteiger partial charge on any atom is 0.313 e. The molecular weight excluding hydrogens is 291 g/mol. The molecule has 1 unspecified atom stereocenters. The van der Waals surface area contributed by atoms with E-state index in [0.29, 0.717) is 16.6 Å². The van der Waals surface area contributed by atoms with E-state index >= 15 is 0 Å². The highest BCUT2D eigenvalue weighted by Gasteiger charge is 2.29. The zero-order valence-corrected chi connectivity index (χ0v) is 12.6. The molecule has 2 aromatic rings. The topological polar surface area (TPSA) is 55.1 Å². The summed E-state index contributed by atoms with van der Waals surface area (Å²) in [5.41, 5.74) is 1.46. The van der Waals surface area contributed by atoms with Gasteiger partial charge in [-0.2, -0.15) is 0 Å². The zero-order chi connectivity index (χ0) is 15.0. The normalized spacial score (nSPS) is 16.3. The molecule has 1 atom stereocenters. The molecule has 0 spiro atoms. The second-order valence-electron chi connectivity index (χ2n) is 5.64. The summed E-state index contributed by atoms with van der Waals surface area (Å²) in [6, 6.07) is 4.55. The second kappa shape index (κ2) is 5.67. The predicted octanol–water partition coefficient (Wildman–Crippen LogP) is 3.40. The number of aromatic nitrogens is 2. The van der Waals surface area contributed by atoms with Gasteiger partial charge in [-0.05, 0) is 36.8 Å². The van der Waals surface area contributed by atoms with E-state index in [1.807, 2.05) is 4.57 Å². The molecule has 0 amide bonds. The number of halogens is 1. The first-order chi connectivity index (χ1) is 10.0. The number of carboxylic acid groups (broad SMARTS) is 1. The van der Waals surface area contributed by atoms with E-state index in [4.69, 9.17) is 5.11 Å². The van der Waals surface area contributed by atoms with Crippen LogP contribution in [0, 0.1) is 17.7 Å². The molecule has 1 aromatic carbocycles. The van der Waals surface area contributed by atoms with Crippen LogP contribution >= 0.6 is 11.8 Å². The van der Waals surface area contributed by atoms with Gasteiger partial charge in [0.2, 0.25) is 0 Å². The lowest BCUT2D eigenvalue weighted by Gasteiger charge is -2.14. The van der Waals surface area contributed by atoms with Gasteiger partial charge in [-0.1, -0.05) is 18.7 Å². The number of aliphatic carboxylic acids is 1. The van der Waals surface area contributed by atoms with Gasteiger partial charge in [0, 0.05) is 12.6 Å². The number of hydrogen-bond donors (Lipinski definition) is 1. The van der Waals surface area contributed by atoms with Crippen molar-refractivity contribution in [1.82, 2.24) is 9.55 Å². The monoisotopic (exact) mass is 308 g/mol. The minimum absolute atomic E-state index is 0.0381. The van der Waals surface area contributed by atoms with Crippen LogP contribution in [0.2, 0.25) is 0 Å². The van der Waals surface area contributed by atoms with Gasteiger partial charge in [-0.25, -0.2) is 9.37 Å². The molecule has 1 fully saturated rings. The number of carboxylic acids is 1. The van der Waals surface area contributed by atoms with Crippen LogP contribution in [0.5, 0.6) is 0 Å². The third-order valence-electron chi connectivity index (χ3n) is 3.90. The minimum Gasteiger partial charge on any atom is -0.481 e. The Morgan fingerprint density at radius 1 is 1.57 bits per heavy atom. The van der Waals surface area contributed by atoms with Crippen LogP contribution in [0.3, 0.4) is 0 Å². The van der Waals surface area contributed by atoms with Crippen LogP contribution in [0.1, 0.15) is 19.8 Å². The van der Waals surface area contributed by atoms with E-state index in [1.165, 1.54) is 36.7 Å². The Morgan fingerprint density at radius 2 is 2.33 bits per heavy atom. The molecule has 1 N–H and O–H groups in total. The van der Waals surface area contributed by atoms with Gasteiger partial charge in [-0.15, -0.1) is 0 Å².